The van der Waals surface area contributed by atoms with Crippen LogP contribution in [0.2, 0.25) is 0 Å². The van der Waals surface area contributed by atoms with Gasteiger partial charge < -0.3 is 10.1 Å². The fraction of sp³-hybridized carbons (Fsp3) is 0.444. The maximum atomic E-state index is 14.3. The summed E-state index contributed by atoms with van der Waals surface area (Å²) in [4.78, 5) is 8.36. The molecule has 0 aliphatic carbocycles. The minimum Gasteiger partial charge on any atom is -0.373 e. The molecule has 3 heterocycles. The number of benzene rings is 1. The zero-order valence-electron chi connectivity index (χ0n) is 13.3. The minimum atomic E-state index is -0.245. The fourth-order valence-corrected chi connectivity index (χ4v) is 3.73. The number of hydrogen-bond donors (Lipinski definition) is 1. The Morgan fingerprint density at radius 1 is 1.17 bits per heavy atom. The fourth-order valence-electron chi connectivity index (χ4n) is 3.73. The van der Waals surface area contributed by atoms with Gasteiger partial charge in [0.15, 0.2) is 0 Å². The summed E-state index contributed by atoms with van der Waals surface area (Å²) in [5.41, 5.74) is 2.00. The van der Waals surface area contributed by atoms with E-state index in [9.17, 15) is 4.39 Å². The summed E-state index contributed by atoms with van der Waals surface area (Å²) < 4.78 is 20.4. The van der Waals surface area contributed by atoms with Crippen molar-refractivity contribution in [3.63, 3.8) is 0 Å². The summed E-state index contributed by atoms with van der Waals surface area (Å²) in [7, 11) is 0. The number of hydrogen-bond acceptors (Lipinski definition) is 4. The molecule has 2 aliphatic rings. The molecule has 6 heteroatoms. The first-order valence-corrected chi connectivity index (χ1v) is 8.21. The van der Waals surface area contributed by atoms with E-state index in [4.69, 9.17) is 4.74 Å². The number of nitrogens with zero attached hydrogens (tertiary/aromatic N) is 2. The third-order valence-corrected chi connectivity index (χ3v) is 4.85. The lowest BCUT2D eigenvalue weighted by molar-refractivity contribution is 0.00820. The van der Waals surface area contributed by atoms with Crippen molar-refractivity contribution in [1.82, 2.24) is 15.3 Å². The number of piperidine rings is 1. The van der Waals surface area contributed by atoms with Crippen LogP contribution in [0.5, 0.6) is 0 Å². The lowest BCUT2D eigenvalue weighted by Gasteiger charge is -2.29. The molecular formula is C18H21ClFN3O. The van der Waals surface area contributed by atoms with Gasteiger partial charge in [0.1, 0.15) is 5.82 Å². The summed E-state index contributed by atoms with van der Waals surface area (Å²) in [6, 6.07) is 6.19. The zero-order chi connectivity index (χ0) is 15.6. The molecule has 1 N–H and O–H groups in total. The third-order valence-electron chi connectivity index (χ3n) is 4.85. The van der Waals surface area contributed by atoms with Crippen molar-refractivity contribution in [1.29, 1.82) is 0 Å². The molecule has 0 spiro atoms. The number of ether oxygens (including phenoxy) is 1. The van der Waals surface area contributed by atoms with E-state index >= 15 is 0 Å². The second-order valence-corrected chi connectivity index (χ2v) is 6.40. The summed E-state index contributed by atoms with van der Waals surface area (Å²) in [6.45, 7) is 0.280. The predicted octanol–water partition coefficient (Wildman–Crippen LogP) is 3.50. The molecule has 4 nitrogen and oxygen atoms in total. The standard InChI is InChI=1S/C18H20FN3O.ClH/c19-17-3-1-2-15(18-10-20-6-7-21-18)16(17)11-23-14-8-12-4-5-13(9-14)22-12;/h1-3,6-7,10,12-14,22H,4-5,8-9,11H2;1H/t12-,13+,14+;. The molecule has 2 saturated heterocycles. The normalized spacial score (nSPS) is 25.3. The number of halogens is 2. The van der Waals surface area contributed by atoms with Crippen molar-refractivity contribution >= 4 is 12.4 Å². The van der Waals surface area contributed by atoms with E-state index in [2.05, 4.69) is 15.3 Å². The van der Waals surface area contributed by atoms with Gasteiger partial charge in [-0.25, -0.2) is 4.39 Å². The van der Waals surface area contributed by atoms with Crippen molar-refractivity contribution < 1.29 is 9.13 Å². The van der Waals surface area contributed by atoms with Crippen LogP contribution >= 0.6 is 12.4 Å². The summed E-state index contributed by atoms with van der Waals surface area (Å²) in [5.74, 6) is -0.245. The first kappa shape index (κ1) is 17.3. The number of nitrogens with one attached hydrogen (secondary N) is 1. The van der Waals surface area contributed by atoms with Crippen LogP contribution < -0.4 is 5.32 Å². The second-order valence-electron chi connectivity index (χ2n) is 6.40. The molecule has 24 heavy (non-hydrogen) atoms. The van der Waals surface area contributed by atoms with E-state index in [0.717, 1.165) is 18.4 Å². The van der Waals surface area contributed by atoms with Gasteiger partial charge in [-0.05, 0) is 31.7 Å². The average Bonchev–Trinajstić information content (AvgIpc) is 2.93. The van der Waals surface area contributed by atoms with Crippen molar-refractivity contribution in [2.24, 2.45) is 0 Å². The van der Waals surface area contributed by atoms with Crippen LogP contribution in [-0.2, 0) is 11.3 Å². The van der Waals surface area contributed by atoms with E-state index in [1.165, 1.54) is 18.9 Å². The minimum absolute atomic E-state index is 0. The van der Waals surface area contributed by atoms with Crippen molar-refractivity contribution in [3.05, 3.63) is 48.2 Å². The first-order valence-electron chi connectivity index (χ1n) is 8.21. The van der Waals surface area contributed by atoms with Crippen molar-refractivity contribution in [3.8, 4) is 11.3 Å². The lowest BCUT2D eigenvalue weighted by atomic mass is 10.0. The Labute approximate surface area is 147 Å². The third kappa shape index (κ3) is 3.58. The van der Waals surface area contributed by atoms with Gasteiger partial charge in [0.05, 0.1) is 24.6 Å². The summed E-state index contributed by atoms with van der Waals surface area (Å²) in [5, 5.41) is 3.59. The second kappa shape index (κ2) is 7.55. The van der Waals surface area contributed by atoms with Gasteiger partial charge in [-0.3, -0.25) is 9.97 Å². The Morgan fingerprint density at radius 3 is 2.67 bits per heavy atom. The molecule has 0 unspecified atom stereocenters. The lowest BCUT2D eigenvalue weighted by Crippen LogP contribution is -2.41. The van der Waals surface area contributed by atoms with Gasteiger partial charge in [0.2, 0.25) is 0 Å². The molecular weight excluding hydrogens is 329 g/mol. The van der Waals surface area contributed by atoms with Crippen LogP contribution in [0.15, 0.2) is 36.8 Å². The maximum Gasteiger partial charge on any atom is 0.129 e. The van der Waals surface area contributed by atoms with Crippen LogP contribution in [0, 0.1) is 5.82 Å². The van der Waals surface area contributed by atoms with Crippen LogP contribution in [0.25, 0.3) is 11.3 Å². The molecule has 1 aromatic heterocycles. The highest BCUT2D eigenvalue weighted by Crippen LogP contribution is 2.30. The van der Waals surface area contributed by atoms with E-state index in [0.29, 0.717) is 23.3 Å². The highest BCUT2D eigenvalue weighted by molar-refractivity contribution is 5.85. The zero-order valence-corrected chi connectivity index (χ0v) is 14.1. The van der Waals surface area contributed by atoms with Crippen LogP contribution in [0.1, 0.15) is 31.2 Å². The number of aromatic nitrogens is 2. The van der Waals surface area contributed by atoms with Crippen LogP contribution in [0.4, 0.5) is 4.39 Å². The van der Waals surface area contributed by atoms with Gasteiger partial charge in [0, 0.05) is 35.6 Å². The molecule has 3 atom stereocenters. The van der Waals surface area contributed by atoms with E-state index in [-0.39, 0.29) is 30.9 Å². The molecule has 128 valence electrons. The van der Waals surface area contributed by atoms with Gasteiger partial charge in [0.25, 0.3) is 0 Å². The predicted molar refractivity (Wildman–Crippen MR) is 92.4 cm³/mol. The Morgan fingerprint density at radius 2 is 1.96 bits per heavy atom. The van der Waals surface area contributed by atoms with Crippen LogP contribution in [0.3, 0.4) is 0 Å². The molecule has 4 rings (SSSR count). The first-order chi connectivity index (χ1) is 11.3. The molecule has 2 aliphatic heterocycles. The maximum absolute atomic E-state index is 14.3. The molecule has 2 bridgehead atoms. The Bertz CT molecular complexity index is 673. The van der Waals surface area contributed by atoms with E-state index in [1.54, 1.807) is 24.7 Å². The smallest absolute Gasteiger partial charge is 0.129 e. The van der Waals surface area contributed by atoms with Crippen LogP contribution in [-0.4, -0.2) is 28.2 Å². The monoisotopic (exact) mass is 349 g/mol. The molecule has 0 amide bonds. The Hall–Kier alpha value is -1.56. The van der Waals surface area contributed by atoms with Crippen molar-refractivity contribution in [2.75, 3.05) is 0 Å². The van der Waals surface area contributed by atoms with Gasteiger partial charge >= 0.3 is 0 Å². The number of rotatable bonds is 4. The SMILES string of the molecule is Cl.Fc1cccc(-c2cnccn2)c1CO[C@H]1C[C@H]2CC[C@@H](C1)N2. The Kier molecular flexibility index (Phi) is 5.43. The molecule has 2 fully saturated rings. The largest absolute Gasteiger partial charge is 0.373 e. The number of fused-ring (bicyclic) bond motifs is 2. The van der Waals surface area contributed by atoms with E-state index < -0.39 is 0 Å². The topological polar surface area (TPSA) is 47.0 Å². The highest BCUT2D eigenvalue weighted by Gasteiger charge is 2.34. The summed E-state index contributed by atoms with van der Waals surface area (Å²) in [6.07, 6.45) is 9.60. The van der Waals surface area contributed by atoms with Gasteiger partial charge in [-0.1, -0.05) is 12.1 Å². The molecule has 1 aromatic carbocycles. The average molecular weight is 350 g/mol. The quantitative estimate of drug-likeness (QED) is 0.917. The Balaban J connectivity index is 0.00000169. The summed E-state index contributed by atoms with van der Waals surface area (Å²) >= 11 is 0. The molecule has 0 radical (unpaired) electrons. The van der Waals surface area contributed by atoms with Crippen molar-refractivity contribution in [2.45, 2.75) is 50.5 Å². The molecule has 2 aromatic rings. The highest BCUT2D eigenvalue weighted by atomic mass is 35.5. The van der Waals surface area contributed by atoms with Gasteiger partial charge in [-0.15, -0.1) is 12.4 Å². The molecule has 0 saturated carbocycles. The van der Waals surface area contributed by atoms with Gasteiger partial charge in [-0.2, -0.15) is 0 Å². The van der Waals surface area contributed by atoms with E-state index in [1.807, 2.05) is 6.07 Å².